The molecule has 0 saturated carbocycles. The number of hydrogen-bond donors (Lipinski definition) is 2. The minimum absolute atomic E-state index is 0.637. The largest absolute Gasteiger partial charge is 0.388 e. The van der Waals surface area contributed by atoms with E-state index in [1.807, 2.05) is 7.05 Å². The lowest BCUT2D eigenvalue weighted by molar-refractivity contribution is 0.734. The number of benzene rings is 2. The fourth-order valence-electron chi connectivity index (χ4n) is 2.16. The van der Waals surface area contributed by atoms with Crippen molar-refractivity contribution in [3.8, 4) is 0 Å². The van der Waals surface area contributed by atoms with Gasteiger partial charge in [-0.3, -0.25) is 0 Å². The van der Waals surface area contributed by atoms with Gasteiger partial charge in [0.2, 0.25) is 0 Å². The molecule has 1 atom stereocenters. The Morgan fingerprint density at radius 2 is 1.50 bits per heavy atom. The summed E-state index contributed by atoms with van der Waals surface area (Å²) >= 11 is 0. The van der Waals surface area contributed by atoms with Gasteiger partial charge in [0.1, 0.15) is 0 Å². The summed E-state index contributed by atoms with van der Waals surface area (Å²) in [4.78, 5) is 0. The summed E-state index contributed by atoms with van der Waals surface area (Å²) in [6.07, 6.45) is 1.19. The quantitative estimate of drug-likeness (QED) is 0.782. The topological polar surface area (TPSA) is 24.1 Å². The van der Waals surface area contributed by atoms with Crippen LogP contribution in [-0.2, 0) is 6.54 Å². The molecule has 0 aliphatic heterocycles. The van der Waals surface area contributed by atoms with Gasteiger partial charge in [-0.2, -0.15) is 0 Å². The van der Waals surface area contributed by atoms with Crippen LogP contribution >= 0.6 is 0 Å². The van der Waals surface area contributed by atoms with E-state index in [2.05, 4.69) is 73.0 Å². The van der Waals surface area contributed by atoms with Crippen molar-refractivity contribution < 1.29 is 0 Å². The maximum atomic E-state index is 3.46. The predicted octanol–water partition coefficient (Wildman–Crippen LogP) is 4.85. The van der Waals surface area contributed by atoms with E-state index >= 15 is 0 Å². The lowest BCUT2D eigenvalue weighted by atomic mass is 9.99. The van der Waals surface area contributed by atoms with Crippen molar-refractivity contribution in [3.05, 3.63) is 59.7 Å². The van der Waals surface area contributed by atoms with Crippen LogP contribution in [0.3, 0.4) is 0 Å². The summed E-state index contributed by atoms with van der Waals surface area (Å²) in [6, 6.07) is 17.3. The van der Waals surface area contributed by atoms with Crippen LogP contribution < -0.4 is 10.6 Å². The molecule has 0 radical (unpaired) electrons. The van der Waals surface area contributed by atoms with Crippen molar-refractivity contribution in [2.24, 2.45) is 0 Å². The zero-order valence-electron chi connectivity index (χ0n) is 12.6. The van der Waals surface area contributed by atoms with Crippen LogP contribution in [0.4, 0.5) is 11.4 Å². The summed E-state index contributed by atoms with van der Waals surface area (Å²) in [6.45, 7) is 5.35. The van der Waals surface area contributed by atoms with Gasteiger partial charge < -0.3 is 10.6 Å². The van der Waals surface area contributed by atoms with Gasteiger partial charge >= 0.3 is 0 Å². The van der Waals surface area contributed by atoms with Crippen molar-refractivity contribution in [1.29, 1.82) is 0 Å². The molecule has 0 fully saturated rings. The molecule has 2 nitrogen and oxygen atoms in total. The summed E-state index contributed by atoms with van der Waals surface area (Å²) in [5, 5.41) is 6.59. The molecule has 0 heterocycles. The molecule has 20 heavy (non-hydrogen) atoms. The van der Waals surface area contributed by atoms with E-state index in [-0.39, 0.29) is 0 Å². The van der Waals surface area contributed by atoms with Gasteiger partial charge in [0.15, 0.2) is 0 Å². The molecule has 0 amide bonds. The Balaban J connectivity index is 1.93. The van der Waals surface area contributed by atoms with Crippen molar-refractivity contribution in [3.63, 3.8) is 0 Å². The van der Waals surface area contributed by atoms with E-state index in [9.17, 15) is 0 Å². The molecular weight excluding hydrogens is 244 g/mol. The maximum absolute atomic E-state index is 3.46. The molecular formula is C18H24N2. The second-order valence-corrected chi connectivity index (χ2v) is 5.23. The molecule has 106 valence electrons. The number of anilines is 2. The van der Waals surface area contributed by atoms with Crippen molar-refractivity contribution in [1.82, 2.24) is 0 Å². The SMILES string of the molecule is CCC(C)c1ccc(NCc2ccc(NC)cc2)cc1. The van der Waals surface area contributed by atoms with Crippen LogP contribution in [0.15, 0.2) is 48.5 Å². The average molecular weight is 268 g/mol. The summed E-state index contributed by atoms with van der Waals surface area (Å²) < 4.78 is 0. The maximum Gasteiger partial charge on any atom is 0.0400 e. The highest BCUT2D eigenvalue weighted by molar-refractivity contribution is 5.47. The zero-order chi connectivity index (χ0) is 14.4. The molecule has 0 aliphatic carbocycles. The molecule has 0 spiro atoms. The Morgan fingerprint density at radius 1 is 0.900 bits per heavy atom. The summed E-state index contributed by atoms with van der Waals surface area (Å²) in [5.74, 6) is 0.637. The second-order valence-electron chi connectivity index (χ2n) is 5.23. The minimum atomic E-state index is 0.637. The lowest BCUT2D eigenvalue weighted by Gasteiger charge is -2.11. The molecule has 0 aromatic heterocycles. The Morgan fingerprint density at radius 3 is 2.05 bits per heavy atom. The predicted molar refractivity (Wildman–Crippen MR) is 88.5 cm³/mol. The van der Waals surface area contributed by atoms with Crippen LogP contribution in [0.1, 0.15) is 37.3 Å². The Labute approximate surface area is 122 Å². The van der Waals surface area contributed by atoms with Gasteiger partial charge in [-0.1, -0.05) is 38.1 Å². The first-order valence-corrected chi connectivity index (χ1v) is 7.33. The number of nitrogens with one attached hydrogen (secondary N) is 2. The van der Waals surface area contributed by atoms with E-state index < -0.39 is 0 Å². The van der Waals surface area contributed by atoms with Crippen molar-refractivity contribution >= 4 is 11.4 Å². The fraction of sp³-hybridized carbons (Fsp3) is 0.333. The van der Waals surface area contributed by atoms with Gasteiger partial charge in [0.25, 0.3) is 0 Å². The standard InChI is InChI=1S/C18H24N2/c1-4-14(2)16-7-11-18(12-8-16)20-13-15-5-9-17(19-3)10-6-15/h5-12,14,19-20H,4,13H2,1-3H3. The van der Waals surface area contributed by atoms with Crippen LogP contribution in [-0.4, -0.2) is 7.05 Å². The lowest BCUT2D eigenvalue weighted by Crippen LogP contribution is -2.00. The van der Waals surface area contributed by atoms with Crippen molar-refractivity contribution in [2.45, 2.75) is 32.7 Å². The number of hydrogen-bond acceptors (Lipinski definition) is 2. The molecule has 0 saturated heterocycles. The van der Waals surface area contributed by atoms with Gasteiger partial charge in [-0.15, -0.1) is 0 Å². The van der Waals surface area contributed by atoms with Gasteiger partial charge in [0, 0.05) is 25.0 Å². The molecule has 0 aliphatic rings. The van der Waals surface area contributed by atoms with Crippen LogP contribution in [0, 0.1) is 0 Å². The highest BCUT2D eigenvalue weighted by Crippen LogP contribution is 2.20. The second kappa shape index (κ2) is 6.99. The molecule has 2 aromatic rings. The molecule has 2 N–H and O–H groups in total. The highest BCUT2D eigenvalue weighted by Gasteiger charge is 2.02. The van der Waals surface area contributed by atoms with Crippen LogP contribution in [0.5, 0.6) is 0 Å². The minimum Gasteiger partial charge on any atom is -0.388 e. The van der Waals surface area contributed by atoms with Gasteiger partial charge in [-0.05, 0) is 47.7 Å². The Kier molecular flexibility index (Phi) is 5.05. The molecule has 2 heteroatoms. The first-order chi connectivity index (χ1) is 9.72. The number of rotatable bonds is 6. The Hall–Kier alpha value is -1.96. The zero-order valence-corrected chi connectivity index (χ0v) is 12.6. The molecule has 2 rings (SSSR count). The van der Waals surface area contributed by atoms with E-state index in [4.69, 9.17) is 0 Å². The Bertz CT molecular complexity index is 514. The smallest absolute Gasteiger partial charge is 0.0400 e. The monoisotopic (exact) mass is 268 g/mol. The molecule has 0 bridgehead atoms. The van der Waals surface area contributed by atoms with E-state index in [0.29, 0.717) is 5.92 Å². The first kappa shape index (κ1) is 14.4. The highest BCUT2D eigenvalue weighted by atomic mass is 14.9. The van der Waals surface area contributed by atoms with Crippen LogP contribution in [0.2, 0.25) is 0 Å². The first-order valence-electron chi connectivity index (χ1n) is 7.33. The third-order valence-electron chi connectivity index (χ3n) is 3.83. The molecule has 2 aromatic carbocycles. The average Bonchev–Trinajstić information content (AvgIpc) is 2.53. The third kappa shape index (κ3) is 3.77. The van der Waals surface area contributed by atoms with Gasteiger partial charge in [-0.25, -0.2) is 0 Å². The van der Waals surface area contributed by atoms with E-state index in [1.54, 1.807) is 0 Å². The summed E-state index contributed by atoms with van der Waals surface area (Å²) in [5.41, 5.74) is 5.02. The normalized spacial score (nSPS) is 11.9. The van der Waals surface area contributed by atoms with Crippen molar-refractivity contribution in [2.75, 3.05) is 17.7 Å². The van der Waals surface area contributed by atoms with E-state index in [1.165, 1.54) is 23.2 Å². The summed E-state index contributed by atoms with van der Waals surface area (Å²) in [7, 11) is 1.94. The van der Waals surface area contributed by atoms with Crippen LogP contribution in [0.25, 0.3) is 0 Å². The van der Waals surface area contributed by atoms with Gasteiger partial charge in [0.05, 0.1) is 0 Å². The fourth-order valence-corrected chi connectivity index (χ4v) is 2.16. The molecule has 1 unspecified atom stereocenters. The third-order valence-corrected chi connectivity index (χ3v) is 3.83. The van der Waals surface area contributed by atoms with E-state index in [0.717, 1.165) is 12.2 Å².